The first-order valence-corrected chi connectivity index (χ1v) is 11.0. The summed E-state index contributed by atoms with van der Waals surface area (Å²) in [7, 11) is 1.92. The lowest BCUT2D eigenvalue weighted by atomic mass is 10.2. The molecule has 10 heteroatoms. The smallest absolute Gasteiger partial charge is 0.410 e. The van der Waals surface area contributed by atoms with E-state index in [4.69, 9.17) is 14.5 Å². The molecule has 32 heavy (non-hydrogen) atoms. The molecule has 0 N–H and O–H groups in total. The van der Waals surface area contributed by atoms with E-state index in [2.05, 4.69) is 22.0 Å². The van der Waals surface area contributed by atoms with E-state index in [1.807, 2.05) is 57.1 Å². The lowest BCUT2D eigenvalue weighted by Crippen LogP contribution is -2.39. The topological polar surface area (TPSA) is 100 Å². The van der Waals surface area contributed by atoms with E-state index in [1.165, 1.54) is 6.33 Å². The van der Waals surface area contributed by atoms with Crippen molar-refractivity contribution in [2.24, 2.45) is 7.05 Å². The molecule has 10 nitrogen and oxygen atoms in total. The monoisotopic (exact) mass is 441 g/mol. The van der Waals surface area contributed by atoms with Gasteiger partial charge in [-0.1, -0.05) is 0 Å². The number of rotatable bonds is 4. The fourth-order valence-electron chi connectivity index (χ4n) is 4.09. The average Bonchev–Trinajstić information content (AvgIpc) is 3.36. The van der Waals surface area contributed by atoms with Crippen molar-refractivity contribution in [3.05, 3.63) is 18.2 Å². The molecule has 1 fully saturated rings. The first kappa shape index (κ1) is 22.0. The molecule has 1 aliphatic rings. The second-order valence-corrected chi connectivity index (χ2v) is 9.26. The van der Waals surface area contributed by atoms with E-state index in [1.54, 1.807) is 4.90 Å². The van der Waals surface area contributed by atoms with E-state index in [9.17, 15) is 4.79 Å². The van der Waals surface area contributed by atoms with Crippen molar-refractivity contribution < 1.29 is 14.3 Å². The zero-order chi connectivity index (χ0) is 23.2. The minimum Gasteiger partial charge on any atom is -0.471 e. The lowest BCUT2D eigenvalue weighted by Gasteiger charge is -2.26. The molecule has 172 valence electrons. The summed E-state index contributed by atoms with van der Waals surface area (Å²) in [5, 5.41) is 4.43. The number of carbonyl (C=O) groups is 1. The van der Waals surface area contributed by atoms with Gasteiger partial charge in [0.25, 0.3) is 0 Å². The number of aryl methyl sites for hydroxylation is 2. The SMILES string of the molecule is CCn1ncc(-c2nc3c(OC4CC(C)N(C(=O)OC(C)(C)C)C4)ncnc3n2C)c1C. The Morgan fingerprint density at radius 2 is 2.03 bits per heavy atom. The van der Waals surface area contributed by atoms with Gasteiger partial charge in [0.2, 0.25) is 5.88 Å². The summed E-state index contributed by atoms with van der Waals surface area (Å²) in [6, 6.07) is 0.00834. The average molecular weight is 442 g/mol. The summed E-state index contributed by atoms with van der Waals surface area (Å²) < 4.78 is 15.6. The van der Waals surface area contributed by atoms with Crippen LogP contribution < -0.4 is 4.74 Å². The minimum atomic E-state index is -0.539. The summed E-state index contributed by atoms with van der Waals surface area (Å²) >= 11 is 0. The Bertz CT molecular complexity index is 1140. The number of imidazole rings is 1. The van der Waals surface area contributed by atoms with Crippen LogP contribution in [0, 0.1) is 6.92 Å². The van der Waals surface area contributed by atoms with Gasteiger partial charge in [0.15, 0.2) is 11.2 Å². The molecule has 3 aromatic heterocycles. The number of amides is 1. The normalized spacial score (nSPS) is 19.0. The number of hydrogen-bond donors (Lipinski definition) is 0. The zero-order valence-corrected chi connectivity index (χ0v) is 19.8. The lowest BCUT2D eigenvalue weighted by molar-refractivity contribution is 0.0224. The van der Waals surface area contributed by atoms with E-state index in [-0.39, 0.29) is 18.2 Å². The highest BCUT2D eigenvalue weighted by atomic mass is 16.6. The number of ether oxygens (including phenoxy) is 2. The van der Waals surface area contributed by atoms with Crippen molar-refractivity contribution in [2.75, 3.05) is 6.54 Å². The third-order valence-corrected chi connectivity index (χ3v) is 5.71. The van der Waals surface area contributed by atoms with Gasteiger partial charge in [-0.2, -0.15) is 10.1 Å². The zero-order valence-electron chi connectivity index (χ0n) is 19.8. The maximum atomic E-state index is 12.5. The van der Waals surface area contributed by atoms with Crippen LogP contribution in [-0.4, -0.2) is 64.6 Å². The number of hydrogen-bond acceptors (Lipinski definition) is 7. The number of aromatic nitrogens is 6. The standard InChI is InChI=1S/C22H31N7O3/c1-8-29-14(3)16(10-25-29)18-26-17-19(27(18)7)23-12-24-20(17)31-15-9-13(2)28(11-15)21(30)32-22(4,5)6/h10,12-13,15H,8-9,11H2,1-7H3. The molecule has 0 saturated carbocycles. The third kappa shape index (κ3) is 4.01. The molecular weight excluding hydrogens is 410 g/mol. The summed E-state index contributed by atoms with van der Waals surface area (Å²) in [5.74, 6) is 1.18. The molecule has 0 aromatic carbocycles. The maximum absolute atomic E-state index is 12.5. The van der Waals surface area contributed by atoms with Gasteiger partial charge >= 0.3 is 6.09 Å². The van der Waals surface area contributed by atoms with Crippen molar-refractivity contribution in [1.82, 2.24) is 34.2 Å². The Labute approximate surface area is 187 Å². The molecule has 0 aliphatic carbocycles. The predicted octanol–water partition coefficient (Wildman–Crippen LogP) is 3.33. The van der Waals surface area contributed by atoms with Crippen molar-refractivity contribution in [3.63, 3.8) is 0 Å². The van der Waals surface area contributed by atoms with Gasteiger partial charge in [-0.3, -0.25) is 4.68 Å². The van der Waals surface area contributed by atoms with Crippen LogP contribution in [-0.2, 0) is 18.3 Å². The van der Waals surface area contributed by atoms with E-state index in [0.717, 1.165) is 23.6 Å². The van der Waals surface area contributed by atoms with Crippen LogP contribution in [0.2, 0.25) is 0 Å². The molecule has 4 rings (SSSR count). The fraction of sp³-hybridized carbons (Fsp3) is 0.591. The van der Waals surface area contributed by atoms with E-state index >= 15 is 0 Å². The Morgan fingerprint density at radius 3 is 2.69 bits per heavy atom. The van der Waals surface area contributed by atoms with Crippen LogP contribution in [0.4, 0.5) is 4.79 Å². The molecule has 0 bridgehead atoms. The molecule has 2 atom stereocenters. The number of nitrogens with zero attached hydrogens (tertiary/aromatic N) is 7. The van der Waals surface area contributed by atoms with Crippen LogP contribution in [0.1, 0.15) is 46.7 Å². The highest BCUT2D eigenvalue weighted by molar-refractivity contribution is 5.81. The number of likely N-dealkylation sites (tertiary alicyclic amines) is 1. The molecule has 2 unspecified atom stereocenters. The van der Waals surface area contributed by atoms with Crippen molar-refractivity contribution in [3.8, 4) is 17.3 Å². The van der Waals surface area contributed by atoms with Gasteiger partial charge in [0, 0.05) is 31.7 Å². The Morgan fingerprint density at radius 1 is 1.28 bits per heavy atom. The highest BCUT2D eigenvalue weighted by Crippen LogP contribution is 2.31. The fourth-order valence-corrected chi connectivity index (χ4v) is 4.09. The first-order chi connectivity index (χ1) is 15.1. The van der Waals surface area contributed by atoms with E-state index < -0.39 is 5.60 Å². The molecule has 1 aliphatic heterocycles. The summed E-state index contributed by atoms with van der Waals surface area (Å²) in [4.78, 5) is 27.8. The highest BCUT2D eigenvalue weighted by Gasteiger charge is 2.37. The molecule has 4 heterocycles. The van der Waals surface area contributed by atoms with Gasteiger partial charge < -0.3 is 18.9 Å². The second kappa shape index (κ2) is 8.07. The largest absolute Gasteiger partial charge is 0.471 e. The van der Waals surface area contributed by atoms with Crippen LogP contribution in [0.3, 0.4) is 0 Å². The van der Waals surface area contributed by atoms with Crippen molar-refractivity contribution in [1.29, 1.82) is 0 Å². The van der Waals surface area contributed by atoms with Crippen LogP contribution in [0.5, 0.6) is 5.88 Å². The van der Waals surface area contributed by atoms with E-state index in [0.29, 0.717) is 30.0 Å². The first-order valence-electron chi connectivity index (χ1n) is 11.0. The van der Waals surface area contributed by atoms with Crippen molar-refractivity contribution >= 4 is 17.3 Å². The van der Waals surface area contributed by atoms with Crippen LogP contribution >= 0.6 is 0 Å². The van der Waals surface area contributed by atoms with Crippen molar-refractivity contribution in [2.45, 2.75) is 72.3 Å². The Kier molecular flexibility index (Phi) is 5.56. The minimum absolute atomic E-state index is 0.00834. The quantitative estimate of drug-likeness (QED) is 0.612. The Hall–Kier alpha value is -3.17. The molecule has 1 amide bonds. The molecular formula is C22H31N7O3. The van der Waals surface area contributed by atoms with Gasteiger partial charge in [-0.25, -0.2) is 14.8 Å². The second-order valence-electron chi connectivity index (χ2n) is 9.26. The summed E-state index contributed by atoms with van der Waals surface area (Å²) in [6.07, 6.45) is 3.46. The molecule has 3 aromatic rings. The molecule has 1 saturated heterocycles. The molecule has 0 radical (unpaired) electrons. The Balaban J connectivity index is 1.59. The van der Waals surface area contributed by atoms with Gasteiger partial charge in [-0.05, 0) is 41.5 Å². The summed E-state index contributed by atoms with van der Waals surface area (Å²) in [5.41, 5.74) is 2.73. The van der Waals surface area contributed by atoms with Gasteiger partial charge in [-0.15, -0.1) is 0 Å². The van der Waals surface area contributed by atoms with Crippen LogP contribution in [0.15, 0.2) is 12.5 Å². The van der Waals surface area contributed by atoms with Gasteiger partial charge in [0.1, 0.15) is 23.9 Å². The van der Waals surface area contributed by atoms with Gasteiger partial charge in [0.05, 0.1) is 18.3 Å². The molecule has 0 spiro atoms. The predicted molar refractivity (Wildman–Crippen MR) is 119 cm³/mol. The van der Waals surface area contributed by atoms with Crippen LogP contribution in [0.25, 0.3) is 22.6 Å². The number of carbonyl (C=O) groups excluding carboxylic acids is 1. The maximum Gasteiger partial charge on any atom is 0.410 e. The summed E-state index contributed by atoms with van der Waals surface area (Å²) in [6.45, 7) is 12.9. The third-order valence-electron chi connectivity index (χ3n) is 5.71. The number of fused-ring (bicyclic) bond motifs is 1.